The minimum atomic E-state index is -1.04. The number of nitrogens with zero attached hydrogens (tertiary/aromatic N) is 1. The van der Waals surface area contributed by atoms with Gasteiger partial charge in [-0.25, -0.2) is 9.37 Å². The van der Waals surface area contributed by atoms with E-state index in [9.17, 15) is 8.78 Å². The van der Waals surface area contributed by atoms with Crippen LogP contribution in [0.25, 0.3) is 0 Å². The Morgan fingerprint density at radius 3 is 2.90 bits per heavy atom. The molecular weight excluding hydrogens is 286 g/mol. The summed E-state index contributed by atoms with van der Waals surface area (Å²) in [6, 6.07) is 5.31. The lowest BCUT2D eigenvalue weighted by molar-refractivity contribution is 0.405. The maximum Gasteiger partial charge on any atom is 0.219 e. The molecule has 6 heteroatoms. The van der Waals surface area contributed by atoms with Crippen LogP contribution in [0.2, 0.25) is 5.02 Å². The molecule has 0 aliphatic carbocycles. The van der Waals surface area contributed by atoms with Gasteiger partial charge in [0.15, 0.2) is 11.6 Å². The van der Waals surface area contributed by atoms with E-state index in [4.69, 9.17) is 16.3 Å². The monoisotopic (exact) mass is 298 g/mol. The van der Waals surface area contributed by atoms with Gasteiger partial charge >= 0.3 is 0 Å². The molecule has 0 saturated carbocycles. The summed E-state index contributed by atoms with van der Waals surface area (Å²) < 4.78 is 31.8. The molecule has 0 fully saturated rings. The average molecular weight is 299 g/mol. The summed E-state index contributed by atoms with van der Waals surface area (Å²) in [5.41, 5.74) is 0.773. The van der Waals surface area contributed by atoms with Crippen LogP contribution < -0.4 is 10.1 Å². The fourth-order valence-corrected chi connectivity index (χ4v) is 1.76. The first-order valence-corrected chi connectivity index (χ1v) is 6.46. The lowest BCUT2D eigenvalue weighted by Gasteiger charge is -2.09. The molecule has 1 heterocycles. The number of benzene rings is 1. The van der Waals surface area contributed by atoms with Crippen LogP contribution in [0.5, 0.6) is 11.6 Å². The van der Waals surface area contributed by atoms with E-state index in [1.54, 1.807) is 6.07 Å². The van der Waals surface area contributed by atoms with E-state index in [1.807, 2.05) is 6.92 Å². The summed E-state index contributed by atoms with van der Waals surface area (Å²) in [6.45, 7) is 3.29. The Balaban J connectivity index is 2.23. The zero-order chi connectivity index (χ0) is 14.5. The van der Waals surface area contributed by atoms with E-state index < -0.39 is 11.6 Å². The van der Waals surface area contributed by atoms with Gasteiger partial charge in [-0.2, -0.15) is 4.39 Å². The molecule has 0 atom stereocenters. The molecule has 0 saturated heterocycles. The maximum absolute atomic E-state index is 13.5. The van der Waals surface area contributed by atoms with Crippen LogP contribution in [0.4, 0.5) is 8.78 Å². The van der Waals surface area contributed by atoms with Gasteiger partial charge in [0, 0.05) is 18.8 Å². The molecule has 1 aromatic carbocycles. The molecule has 0 aliphatic heterocycles. The van der Waals surface area contributed by atoms with Crippen LogP contribution in [0.1, 0.15) is 12.5 Å². The van der Waals surface area contributed by atoms with Crippen molar-refractivity contribution in [2.75, 3.05) is 6.54 Å². The minimum absolute atomic E-state index is 0.159. The summed E-state index contributed by atoms with van der Waals surface area (Å²) in [5.74, 6) is -2.07. The van der Waals surface area contributed by atoms with E-state index in [-0.39, 0.29) is 11.6 Å². The third-order valence-electron chi connectivity index (χ3n) is 2.61. The molecule has 0 radical (unpaired) electrons. The van der Waals surface area contributed by atoms with Crippen molar-refractivity contribution >= 4 is 11.6 Å². The molecule has 106 valence electrons. The third kappa shape index (κ3) is 3.43. The second-order valence-corrected chi connectivity index (χ2v) is 4.46. The fraction of sp³-hybridized carbons (Fsp3) is 0.214. The average Bonchev–Trinajstić information content (AvgIpc) is 2.44. The zero-order valence-electron chi connectivity index (χ0n) is 10.8. The zero-order valence-corrected chi connectivity index (χ0v) is 11.5. The van der Waals surface area contributed by atoms with Crippen molar-refractivity contribution in [3.63, 3.8) is 0 Å². The highest BCUT2D eigenvalue weighted by Gasteiger charge is 2.11. The SMILES string of the molecule is CCNCc1cc(Oc2cccc(F)c2F)ncc1Cl. The van der Waals surface area contributed by atoms with E-state index >= 15 is 0 Å². The number of nitrogens with one attached hydrogen (secondary N) is 1. The summed E-state index contributed by atoms with van der Waals surface area (Å²) in [7, 11) is 0. The Morgan fingerprint density at radius 2 is 2.15 bits per heavy atom. The first-order chi connectivity index (χ1) is 9.61. The predicted molar refractivity (Wildman–Crippen MR) is 73.1 cm³/mol. The summed E-state index contributed by atoms with van der Waals surface area (Å²) in [5, 5.41) is 3.60. The molecule has 2 aromatic rings. The second-order valence-electron chi connectivity index (χ2n) is 4.05. The maximum atomic E-state index is 13.5. The van der Waals surface area contributed by atoms with Crippen molar-refractivity contribution in [2.45, 2.75) is 13.5 Å². The number of rotatable bonds is 5. The molecule has 3 nitrogen and oxygen atoms in total. The van der Waals surface area contributed by atoms with Crippen molar-refractivity contribution in [3.8, 4) is 11.6 Å². The minimum Gasteiger partial charge on any atom is -0.436 e. The highest BCUT2D eigenvalue weighted by molar-refractivity contribution is 6.31. The van der Waals surface area contributed by atoms with Gasteiger partial charge in [-0.3, -0.25) is 0 Å². The van der Waals surface area contributed by atoms with Gasteiger partial charge in [0.05, 0.1) is 5.02 Å². The Bertz CT molecular complexity index is 608. The molecule has 1 N–H and O–H groups in total. The smallest absolute Gasteiger partial charge is 0.219 e. The van der Waals surface area contributed by atoms with Crippen LogP contribution in [-0.2, 0) is 6.54 Å². The summed E-state index contributed by atoms with van der Waals surface area (Å²) in [4.78, 5) is 3.94. The number of hydrogen-bond donors (Lipinski definition) is 1. The third-order valence-corrected chi connectivity index (χ3v) is 2.95. The molecule has 0 unspecified atom stereocenters. The summed E-state index contributed by atoms with van der Waals surface area (Å²) in [6.07, 6.45) is 1.42. The highest BCUT2D eigenvalue weighted by atomic mass is 35.5. The standard InChI is InChI=1S/C14H13ClF2N2O/c1-2-18-7-9-6-13(19-8-10(9)15)20-12-5-3-4-11(16)14(12)17/h3-6,8,18H,2,7H2,1H3. The largest absolute Gasteiger partial charge is 0.436 e. The van der Waals surface area contributed by atoms with Crippen LogP contribution in [0, 0.1) is 11.6 Å². The van der Waals surface area contributed by atoms with Crippen LogP contribution >= 0.6 is 11.6 Å². The first kappa shape index (κ1) is 14.7. The first-order valence-electron chi connectivity index (χ1n) is 6.08. The van der Waals surface area contributed by atoms with Crippen LogP contribution in [-0.4, -0.2) is 11.5 Å². The molecular formula is C14H13ClF2N2O. The van der Waals surface area contributed by atoms with Crippen molar-refractivity contribution in [1.82, 2.24) is 10.3 Å². The molecule has 0 amide bonds. The lowest BCUT2D eigenvalue weighted by atomic mass is 10.2. The van der Waals surface area contributed by atoms with Crippen molar-refractivity contribution in [2.24, 2.45) is 0 Å². The van der Waals surface area contributed by atoms with Gasteiger partial charge in [-0.05, 0) is 24.2 Å². The number of aromatic nitrogens is 1. The van der Waals surface area contributed by atoms with Gasteiger partial charge < -0.3 is 10.1 Å². The quantitative estimate of drug-likeness (QED) is 0.908. The van der Waals surface area contributed by atoms with E-state index in [0.29, 0.717) is 11.6 Å². The van der Waals surface area contributed by atoms with Crippen LogP contribution in [0.15, 0.2) is 30.5 Å². The van der Waals surface area contributed by atoms with E-state index in [2.05, 4.69) is 10.3 Å². The van der Waals surface area contributed by atoms with Gasteiger partial charge in [-0.15, -0.1) is 0 Å². The number of pyridine rings is 1. The van der Waals surface area contributed by atoms with Gasteiger partial charge in [0.25, 0.3) is 0 Å². The van der Waals surface area contributed by atoms with E-state index in [0.717, 1.165) is 18.2 Å². The van der Waals surface area contributed by atoms with E-state index in [1.165, 1.54) is 18.3 Å². The van der Waals surface area contributed by atoms with Crippen molar-refractivity contribution in [1.29, 1.82) is 0 Å². The molecule has 20 heavy (non-hydrogen) atoms. The second kappa shape index (κ2) is 6.63. The Labute approximate surface area is 120 Å². The number of halogens is 3. The molecule has 0 bridgehead atoms. The highest BCUT2D eigenvalue weighted by Crippen LogP contribution is 2.26. The van der Waals surface area contributed by atoms with Crippen molar-refractivity contribution in [3.05, 3.63) is 52.7 Å². The normalized spacial score (nSPS) is 10.6. The Hall–Kier alpha value is -1.72. The molecule has 2 rings (SSSR count). The molecule has 0 spiro atoms. The number of hydrogen-bond acceptors (Lipinski definition) is 3. The van der Waals surface area contributed by atoms with Gasteiger partial charge in [-0.1, -0.05) is 24.6 Å². The fourth-order valence-electron chi connectivity index (χ4n) is 1.58. The molecule has 0 aliphatic rings. The van der Waals surface area contributed by atoms with Gasteiger partial charge in [0.1, 0.15) is 0 Å². The topological polar surface area (TPSA) is 34.1 Å². The lowest BCUT2D eigenvalue weighted by Crippen LogP contribution is -2.12. The van der Waals surface area contributed by atoms with Gasteiger partial charge in [0.2, 0.25) is 11.7 Å². The summed E-state index contributed by atoms with van der Waals surface area (Å²) >= 11 is 6.00. The van der Waals surface area contributed by atoms with Crippen molar-refractivity contribution < 1.29 is 13.5 Å². The Morgan fingerprint density at radius 1 is 1.35 bits per heavy atom. The Kier molecular flexibility index (Phi) is 4.87. The number of ether oxygens (including phenoxy) is 1. The molecule has 1 aromatic heterocycles. The van der Waals surface area contributed by atoms with Crippen LogP contribution in [0.3, 0.4) is 0 Å². The predicted octanol–water partition coefficient (Wildman–Crippen LogP) is 3.92.